The molecule has 0 saturated carbocycles. The molecule has 0 spiro atoms. The number of hydrogen-bond donors (Lipinski definition) is 0. The Balaban J connectivity index is 1.50. The minimum absolute atomic E-state index is 0.0390. The molecule has 6 nitrogen and oxygen atoms in total. The van der Waals surface area contributed by atoms with Crippen LogP contribution in [0.25, 0.3) is 11.0 Å². The summed E-state index contributed by atoms with van der Waals surface area (Å²) >= 11 is 0. The number of hydrogen-bond acceptors (Lipinski definition) is 4. The van der Waals surface area contributed by atoms with Gasteiger partial charge in [0.1, 0.15) is 11.3 Å². The topological polar surface area (TPSA) is 66.4 Å². The van der Waals surface area contributed by atoms with Gasteiger partial charge in [-0.3, -0.25) is 9.59 Å². The molecular weight excluding hydrogens is 395 g/mol. The van der Waals surface area contributed by atoms with E-state index in [0.29, 0.717) is 54.2 Å². The second-order valence-electron chi connectivity index (χ2n) is 7.85. The zero-order chi connectivity index (χ0) is 22.1. The van der Waals surface area contributed by atoms with E-state index in [1.165, 1.54) is 17.7 Å². The molecule has 0 unspecified atom stereocenters. The quantitative estimate of drug-likeness (QED) is 0.650. The van der Waals surface area contributed by atoms with Crippen molar-refractivity contribution in [2.75, 3.05) is 26.2 Å². The number of aryl methyl sites for hydroxylation is 3. The molecule has 1 aliphatic rings. The number of benzene rings is 2. The van der Waals surface area contributed by atoms with Crippen molar-refractivity contribution in [2.45, 2.75) is 27.2 Å². The lowest BCUT2D eigenvalue weighted by atomic mass is 10.1. The minimum atomic E-state index is -0.516. The van der Waals surface area contributed by atoms with Crippen LogP contribution in [0.4, 0.5) is 4.39 Å². The highest BCUT2D eigenvalue weighted by Crippen LogP contribution is 2.22. The summed E-state index contributed by atoms with van der Waals surface area (Å²) in [6, 6.07) is 10.1. The lowest BCUT2D eigenvalue weighted by Crippen LogP contribution is -2.50. The number of carbonyl (C=O) groups is 2. The Morgan fingerprint density at radius 1 is 0.903 bits per heavy atom. The standard InChI is InChI=1S/C24H25FN4O2/c1-4-17-5-7-18(8-6-17)23(30)28-9-11-29(12-10-28)24(31)20-13-19(25)14-21-22(20)27-16(3)15(2)26-21/h5-8,13-14H,4,9-12H2,1-3H3. The summed E-state index contributed by atoms with van der Waals surface area (Å²) in [7, 11) is 0. The number of piperazine rings is 1. The first kappa shape index (κ1) is 20.9. The molecule has 2 amide bonds. The van der Waals surface area contributed by atoms with Gasteiger partial charge in [-0.05, 0) is 44.0 Å². The van der Waals surface area contributed by atoms with Crippen molar-refractivity contribution in [1.82, 2.24) is 19.8 Å². The Labute approximate surface area is 180 Å². The van der Waals surface area contributed by atoms with Gasteiger partial charge in [0.05, 0.1) is 22.5 Å². The third kappa shape index (κ3) is 4.13. The largest absolute Gasteiger partial charge is 0.335 e. The second-order valence-corrected chi connectivity index (χ2v) is 7.85. The van der Waals surface area contributed by atoms with E-state index < -0.39 is 5.82 Å². The molecule has 0 bridgehead atoms. The average molecular weight is 420 g/mol. The van der Waals surface area contributed by atoms with Gasteiger partial charge < -0.3 is 9.80 Å². The maximum Gasteiger partial charge on any atom is 0.256 e. The van der Waals surface area contributed by atoms with Crippen LogP contribution in [0, 0.1) is 19.7 Å². The van der Waals surface area contributed by atoms with E-state index in [1.807, 2.05) is 31.2 Å². The molecule has 0 radical (unpaired) electrons. The maximum absolute atomic E-state index is 14.2. The molecular formula is C24H25FN4O2. The van der Waals surface area contributed by atoms with Crippen LogP contribution >= 0.6 is 0 Å². The predicted molar refractivity (Wildman–Crippen MR) is 117 cm³/mol. The molecule has 0 N–H and O–H groups in total. The highest BCUT2D eigenvalue weighted by atomic mass is 19.1. The number of carbonyl (C=O) groups excluding carboxylic acids is 2. The van der Waals surface area contributed by atoms with Crippen molar-refractivity contribution < 1.29 is 14.0 Å². The highest BCUT2D eigenvalue weighted by molar-refractivity contribution is 6.05. The van der Waals surface area contributed by atoms with Gasteiger partial charge in [-0.1, -0.05) is 19.1 Å². The van der Waals surface area contributed by atoms with Gasteiger partial charge in [0, 0.05) is 37.8 Å². The Hall–Kier alpha value is -3.35. The van der Waals surface area contributed by atoms with Gasteiger partial charge in [0.15, 0.2) is 0 Å². The van der Waals surface area contributed by atoms with E-state index in [9.17, 15) is 14.0 Å². The molecule has 160 valence electrons. The van der Waals surface area contributed by atoms with E-state index in [2.05, 4.69) is 16.9 Å². The Bertz CT molecular complexity index is 1150. The van der Waals surface area contributed by atoms with Gasteiger partial charge in [-0.2, -0.15) is 0 Å². The van der Waals surface area contributed by atoms with E-state index >= 15 is 0 Å². The maximum atomic E-state index is 14.2. The normalized spacial score (nSPS) is 14.2. The summed E-state index contributed by atoms with van der Waals surface area (Å²) in [5, 5.41) is 0. The zero-order valence-corrected chi connectivity index (χ0v) is 18.0. The van der Waals surface area contributed by atoms with Crippen molar-refractivity contribution in [3.8, 4) is 0 Å². The van der Waals surface area contributed by atoms with E-state index in [4.69, 9.17) is 0 Å². The first-order chi connectivity index (χ1) is 14.9. The third-order valence-corrected chi connectivity index (χ3v) is 5.84. The smallest absolute Gasteiger partial charge is 0.256 e. The van der Waals surface area contributed by atoms with E-state index in [-0.39, 0.29) is 17.4 Å². The first-order valence-electron chi connectivity index (χ1n) is 10.5. The van der Waals surface area contributed by atoms with E-state index in [1.54, 1.807) is 16.7 Å². The summed E-state index contributed by atoms with van der Waals surface area (Å²) in [6.45, 7) is 7.32. The molecule has 1 saturated heterocycles. The number of nitrogens with zero attached hydrogens (tertiary/aromatic N) is 4. The fraction of sp³-hybridized carbons (Fsp3) is 0.333. The van der Waals surface area contributed by atoms with Gasteiger partial charge >= 0.3 is 0 Å². The lowest BCUT2D eigenvalue weighted by molar-refractivity contribution is 0.0536. The van der Waals surface area contributed by atoms with Crippen LogP contribution in [0.1, 0.15) is 44.6 Å². The molecule has 1 fully saturated rings. The van der Waals surface area contributed by atoms with Gasteiger partial charge in [0.2, 0.25) is 0 Å². The van der Waals surface area contributed by atoms with Crippen molar-refractivity contribution in [3.63, 3.8) is 0 Å². The number of halogens is 1. The second kappa shape index (κ2) is 8.41. The molecule has 7 heteroatoms. The molecule has 0 atom stereocenters. The van der Waals surface area contributed by atoms with Crippen LogP contribution in [0.5, 0.6) is 0 Å². The van der Waals surface area contributed by atoms with Crippen LogP contribution in [-0.2, 0) is 6.42 Å². The van der Waals surface area contributed by atoms with Crippen LogP contribution < -0.4 is 0 Å². The minimum Gasteiger partial charge on any atom is -0.335 e. The zero-order valence-electron chi connectivity index (χ0n) is 18.0. The summed E-state index contributed by atoms with van der Waals surface area (Å²) in [5.41, 5.74) is 4.23. The fourth-order valence-electron chi connectivity index (χ4n) is 3.81. The molecule has 4 rings (SSSR count). The van der Waals surface area contributed by atoms with Gasteiger partial charge in [0.25, 0.3) is 11.8 Å². The van der Waals surface area contributed by atoms with E-state index in [0.717, 1.165) is 6.42 Å². The summed E-state index contributed by atoms with van der Waals surface area (Å²) in [6.07, 6.45) is 0.924. The number of aromatic nitrogens is 2. The first-order valence-corrected chi connectivity index (χ1v) is 10.5. The molecule has 3 aromatic rings. The summed E-state index contributed by atoms with van der Waals surface area (Å²) < 4.78 is 14.2. The predicted octanol–water partition coefficient (Wildman–Crippen LogP) is 3.55. The Morgan fingerprint density at radius 2 is 1.48 bits per heavy atom. The molecule has 1 aliphatic heterocycles. The average Bonchev–Trinajstić information content (AvgIpc) is 2.79. The number of fused-ring (bicyclic) bond motifs is 1. The summed E-state index contributed by atoms with van der Waals surface area (Å²) in [5.74, 6) is -0.845. The van der Waals surface area contributed by atoms with Crippen molar-refractivity contribution in [2.24, 2.45) is 0 Å². The molecule has 0 aliphatic carbocycles. The van der Waals surface area contributed by atoms with Gasteiger partial charge in [-0.25, -0.2) is 14.4 Å². The third-order valence-electron chi connectivity index (χ3n) is 5.84. The number of amides is 2. The fourth-order valence-corrected chi connectivity index (χ4v) is 3.81. The van der Waals surface area contributed by atoms with Crippen molar-refractivity contribution in [1.29, 1.82) is 0 Å². The van der Waals surface area contributed by atoms with Crippen LogP contribution in [0.15, 0.2) is 36.4 Å². The summed E-state index contributed by atoms with van der Waals surface area (Å²) in [4.78, 5) is 38.2. The molecule has 2 heterocycles. The van der Waals surface area contributed by atoms with Crippen molar-refractivity contribution >= 4 is 22.8 Å². The Kier molecular flexibility index (Phi) is 5.67. The Morgan fingerprint density at radius 3 is 2.10 bits per heavy atom. The van der Waals surface area contributed by atoms with Crippen LogP contribution in [0.3, 0.4) is 0 Å². The molecule has 31 heavy (non-hydrogen) atoms. The molecule has 2 aromatic carbocycles. The van der Waals surface area contributed by atoms with Crippen molar-refractivity contribution in [3.05, 3.63) is 70.3 Å². The van der Waals surface area contributed by atoms with Crippen LogP contribution in [-0.4, -0.2) is 57.8 Å². The molecule has 1 aromatic heterocycles. The lowest BCUT2D eigenvalue weighted by Gasteiger charge is -2.35. The highest BCUT2D eigenvalue weighted by Gasteiger charge is 2.27. The monoisotopic (exact) mass is 420 g/mol. The number of rotatable bonds is 3. The van der Waals surface area contributed by atoms with Crippen LogP contribution in [0.2, 0.25) is 0 Å². The SMILES string of the molecule is CCc1ccc(C(=O)N2CCN(C(=O)c3cc(F)cc4nc(C)c(C)nc34)CC2)cc1. The van der Waals surface area contributed by atoms with Gasteiger partial charge in [-0.15, -0.1) is 0 Å².